The molecule has 0 aliphatic carbocycles. The molecule has 0 spiro atoms. The third-order valence-corrected chi connectivity index (χ3v) is 6.21. The van der Waals surface area contributed by atoms with Crippen LogP contribution >= 0.6 is 11.8 Å². The highest BCUT2D eigenvalue weighted by Gasteiger charge is 2.38. The first kappa shape index (κ1) is 19.6. The van der Waals surface area contributed by atoms with Gasteiger partial charge in [-0.3, -0.25) is 19.3 Å². The second kappa shape index (κ2) is 7.98. The fourth-order valence-corrected chi connectivity index (χ4v) is 4.53. The molecule has 0 radical (unpaired) electrons. The maximum atomic E-state index is 12.8. The van der Waals surface area contributed by atoms with Crippen molar-refractivity contribution in [3.63, 3.8) is 0 Å². The van der Waals surface area contributed by atoms with Gasteiger partial charge in [-0.2, -0.15) is 0 Å². The highest BCUT2D eigenvalue weighted by molar-refractivity contribution is 8.18. The van der Waals surface area contributed by atoms with E-state index in [1.807, 2.05) is 6.92 Å². The first-order chi connectivity index (χ1) is 14.0. The molecule has 0 bridgehead atoms. The standard InChI is InChI=1S/C20H22N2O6S/c1-12-5-3-4-6-21(12)18(23)10-22-19(24)17(29-20(22)25)8-13-7-15-16(28-11-27-15)9-14(13)26-2/h7-9,12H,3-6,10-11H2,1-2H3/b17-8-/t12-/m0/s1. The number of fused-ring (bicyclic) bond motifs is 1. The predicted octanol–water partition coefficient (Wildman–Crippen LogP) is 2.86. The second-order valence-electron chi connectivity index (χ2n) is 7.15. The Kier molecular flexibility index (Phi) is 5.40. The molecule has 1 atom stereocenters. The molecule has 154 valence electrons. The number of amides is 3. The van der Waals surface area contributed by atoms with Gasteiger partial charge in [0.2, 0.25) is 12.7 Å². The van der Waals surface area contributed by atoms with Crippen LogP contribution in [0.2, 0.25) is 0 Å². The van der Waals surface area contributed by atoms with Crippen LogP contribution in [0.4, 0.5) is 4.79 Å². The topological polar surface area (TPSA) is 85.4 Å². The highest BCUT2D eigenvalue weighted by Crippen LogP contribution is 2.41. The summed E-state index contributed by atoms with van der Waals surface area (Å²) in [4.78, 5) is 40.9. The number of methoxy groups -OCH3 is 1. The van der Waals surface area contributed by atoms with Crippen molar-refractivity contribution in [2.45, 2.75) is 32.2 Å². The minimum Gasteiger partial charge on any atom is -0.496 e. The van der Waals surface area contributed by atoms with E-state index < -0.39 is 11.1 Å². The molecule has 0 unspecified atom stereocenters. The summed E-state index contributed by atoms with van der Waals surface area (Å²) in [5.41, 5.74) is 0.596. The Bertz CT molecular complexity index is 899. The number of benzene rings is 1. The zero-order valence-electron chi connectivity index (χ0n) is 16.3. The number of carbonyl (C=O) groups is 3. The smallest absolute Gasteiger partial charge is 0.294 e. The number of hydrogen-bond acceptors (Lipinski definition) is 7. The minimum absolute atomic E-state index is 0.121. The van der Waals surface area contributed by atoms with Gasteiger partial charge in [0.25, 0.3) is 11.1 Å². The van der Waals surface area contributed by atoms with Crippen molar-refractivity contribution in [1.82, 2.24) is 9.80 Å². The summed E-state index contributed by atoms with van der Waals surface area (Å²) in [6.07, 6.45) is 4.56. The molecular formula is C20H22N2O6S. The van der Waals surface area contributed by atoms with Crippen LogP contribution in [0, 0.1) is 0 Å². The molecule has 0 saturated carbocycles. The Morgan fingerprint density at radius 1 is 1.28 bits per heavy atom. The van der Waals surface area contributed by atoms with E-state index >= 15 is 0 Å². The zero-order valence-corrected chi connectivity index (χ0v) is 17.1. The van der Waals surface area contributed by atoms with Crippen LogP contribution in [-0.4, -0.2) is 59.9 Å². The summed E-state index contributed by atoms with van der Waals surface area (Å²) in [7, 11) is 1.51. The number of nitrogens with zero attached hydrogens (tertiary/aromatic N) is 2. The summed E-state index contributed by atoms with van der Waals surface area (Å²) in [5.74, 6) is 0.942. The molecule has 1 aromatic carbocycles. The number of carbonyl (C=O) groups excluding carboxylic acids is 3. The van der Waals surface area contributed by atoms with E-state index in [0.717, 1.165) is 35.9 Å². The van der Waals surface area contributed by atoms with E-state index in [1.165, 1.54) is 7.11 Å². The first-order valence-electron chi connectivity index (χ1n) is 9.50. The van der Waals surface area contributed by atoms with Gasteiger partial charge in [-0.05, 0) is 50.1 Å². The van der Waals surface area contributed by atoms with E-state index in [9.17, 15) is 14.4 Å². The molecular weight excluding hydrogens is 396 g/mol. The van der Waals surface area contributed by atoms with Crippen LogP contribution in [-0.2, 0) is 9.59 Å². The van der Waals surface area contributed by atoms with Crippen LogP contribution in [0.3, 0.4) is 0 Å². The van der Waals surface area contributed by atoms with Gasteiger partial charge in [-0.15, -0.1) is 0 Å². The van der Waals surface area contributed by atoms with Crippen molar-refractivity contribution >= 4 is 34.9 Å². The number of thioether (sulfide) groups is 1. The van der Waals surface area contributed by atoms with E-state index in [4.69, 9.17) is 14.2 Å². The third-order valence-electron chi connectivity index (χ3n) is 5.30. The third kappa shape index (κ3) is 3.78. The van der Waals surface area contributed by atoms with Crippen molar-refractivity contribution in [3.8, 4) is 17.2 Å². The van der Waals surface area contributed by atoms with Crippen molar-refractivity contribution in [3.05, 3.63) is 22.6 Å². The van der Waals surface area contributed by atoms with Crippen molar-refractivity contribution < 1.29 is 28.6 Å². The summed E-state index contributed by atoms with van der Waals surface area (Å²) in [5, 5.41) is -0.445. The fourth-order valence-electron chi connectivity index (χ4n) is 3.70. The van der Waals surface area contributed by atoms with Gasteiger partial charge in [-0.25, -0.2) is 0 Å². The van der Waals surface area contributed by atoms with Crippen molar-refractivity contribution in [2.24, 2.45) is 0 Å². The molecule has 29 heavy (non-hydrogen) atoms. The molecule has 3 aliphatic rings. The Hall–Kier alpha value is -2.68. The van der Waals surface area contributed by atoms with E-state index in [-0.39, 0.29) is 30.2 Å². The van der Waals surface area contributed by atoms with Crippen LogP contribution in [0.25, 0.3) is 6.08 Å². The molecule has 9 heteroatoms. The summed E-state index contributed by atoms with van der Waals surface area (Å²) < 4.78 is 16.1. The number of ether oxygens (including phenoxy) is 3. The SMILES string of the molecule is COc1cc2c(cc1/C=C1\SC(=O)N(CC(=O)N3CCCC[C@@H]3C)C1=O)OCO2. The van der Waals surface area contributed by atoms with Gasteiger partial charge in [-0.1, -0.05) is 0 Å². The summed E-state index contributed by atoms with van der Waals surface area (Å²) in [6.45, 7) is 2.55. The number of rotatable bonds is 4. The molecule has 8 nitrogen and oxygen atoms in total. The van der Waals surface area contributed by atoms with Gasteiger partial charge in [0.05, 0.1) is 12.0 Å². The van der Waals surface area contributed by atoms with Crippen LogP contribution < -0.4 is 14.2 Å². The second-order valence-corrected chi connectivity index (χ2v) is 8.14. The Morgan fingerprint density at radius 2 is 2.03 bits per heavy atom. The lowest BCUT2D eigenvalue weighted by Crippen LogP contribution is -2.47. The number of hydrogen-bond donors (Lipinski definition) is 0. The summed E-state index contributed by atoms with van der Waals surface area (Å²) >= 11 is 0.819. The maximum absolute atomic E-state index is 12.8. The molecule has 0 aromatic heterocycles. The lowest BCUT2D eigenvalue weighted by atomic mass is 10.0. The van der Waals surface area contributed by atoms with Crippen molar-refractivity contribution in [2.75, 3.05) is 27.0 Å². The molecule has 2 saturated heterocycles. The number of imide groups is 1. The van der Waals surface area contributed by atoms with Gasteiger partial charge in [0, 0.05) is 24.2 Å². The Balaban J connectivity index is 1.53. The summed E-state index contributed by atoms with van der Waals surface area (Å²) in [6, 6.07) is 3.51. The fraction of sp³-hybridized carbons (Fsp3) is 0.450. The molecule has 1 aromatic rings. The van der Waals surface area contributed by atoms with E-state index in [1.54, 1.807) is 23.1 Å². The van der Waals surface area contributed by atoms with Gasteiger partial charge < -0.3 is 19.1 Å². The lowest BCUT2D eigenvalue weighted by molar-refractivity contribution is -0.138. The van der Waals surface area contributed by atoms with E-state index in [2.05, 4.69) is 0 Å². The van der Waals surface area contributed by atoms with Crippen molar-refractivity contribution in [1.29, 1.82) is 0 Å². The molecule has 3 amide bonds. The average molecular weight is 418 g/mol. The number of likely N-dealkylation sites (tertiary alicyclic amines) is 1. The van der Waals surface area contributed by atoms with Crippen LogP contribution in [0.5, 0.6) is 17.2 Å². The zero-order chi connectivity index (χ0) is 20.5. The largest absolute Gasteiger partial charge is 0.496 e. The number of piperidine rings is 1. The molecule has 3 heterocycles. The predicted molar refractivity (Wildman–Crippen MR) is 107 cm³/mol. The minimum atomic E-state index is -0.474. The van der Waals surface area contributed by atoms with E-state index in [0.29, 0.717) is 29.4 Å². The normalized spacial score (nSPS) is 22.6. The Morgan fingerprint density at radius 3 is 2.76 bits per heavy atom. The average Bonchev–Trinajstić information content (AvgIpc) is 3.27. The monoisotopic (exact) mass is 418 g/mol. The highest BCUT2D eigenvalue weighted by atomic mass is 32.2. The van der Waals surface area contributed by atoms with Crippen LogP contribution in [0.15, 0.2) is 17.0 Å². The van der Waals surface area contributed by atoms with Crippen LogP contribution in [0.1, 0.15) is 31.7 Å². The molecule has 4 rings (SSSR count). The Labute approximate surface area is 172 Å². The quantitative estimate of drug-likeness (QED) is 0.695. The lowest BCUT2D eigenvalue weighted by Gasteiger charge is -2.34. The maximum Gasteiger partial charge on any atom is 0.294 e. The molecule has 3 aliphatic heterocycles. The molecule has 2 fully saturated rings. The van der Waals surface area contributed by atoms with Gasteiger partial charge in [0.1, 0.15) is 12.3 Å². The molecule has 0 N–H and O–H groups in total. The first-order valence-corrected chi connectivity index (χ1v) is 10.3. The van der Waals surface area contributed by atoms with Gasteiger partial charge >= 0.3 is 0 Å². The van der Waals surface area contributed by atoms with Gasteiger partial charge in [0.15, 0.2) is 11.5 Å².